The fraction of sp³-hybridized carbons (Fsp3) is 0.200. The number of hydrogen-bond donors (Lipinski definition) is 0. The number of aromatic nitrogens is 2. The van der Waals surface area contributed by atoms with Crippen molar-refractivity contribution in [2.75, 3.05) is 4.90 Å². The minimum atomic E-state index is -0.201. The highest BCUT2D eigenvalue weighted by atomic mass is 16.5. The molecule has 8 aromatic carbocycles. The number of rotatable bonds is 3. The molecule has 0 fully saturated rings. The van der Waals surface area contributed by atoms with Crippen LogP contribution in [0.15, 0.2) is 164 Å². The summed E-state index contributed by atoms with van der Waals surface area (Å²) in [5.41, 5.74) is 17.0. The number of para-hydroxylation sites is 3. The highest BCUT2D eigenvalue weighted by Gasteiger charge is 2.44. The number of anilines is 3. The van der Waals surface area contributed by atoms with E-state index in [4.69, 9.17) is 4.74 Å². The zero-order chi connectivity index (χ0) is 45.6. The summed E-state index contributed by atoms with van der Waals surface area (Å²) < 4.78 is 21.9. The SMILES string of the molecule is [2H]c1cc2c3c(c1)N(c1ccc(C(C)(C)C)cc1)c1ccc(C(C)(C)C)cc1B3c1cc3c(c(-n4c5ccccc5c5ccccc54)c1O2)c1ccccc1n3-c1ccc(C(C)(C)C)cc1. The molecule has 0 saturated carbocycles. The van der Waals surface area contributed by atoms with Crippen molar-refractivity contribution in [3.8, 4) is 22.9 Å². The third-order valence-corrected chi connectivity index (χ3v) is 14.2. The van der Waals surface area contributed by atoms with E-state index < -0.39 is 0 Å². The zero-order valence-corrected chi connectivity index (χ0v) is 38.8. The highest BCUT2D eigenvalue weighted by Crippen LogP contribution is 2.48. The summed E-state index contributed by atoms with van der Waals surface area (Å²) in [5, 5.41) is 4.67. The first-order valence-electron chi connectivity index (χ1n) is 23.6. The summed E-state index contributed by atoms with van der Waals surface area (Å²) >= 11 is 0. The van der Waals surface area contributed by atoms with Gasteiger partial charge in [-0.05, 0) is 116 Å². The van der Waals surface area contributed by atoms with Crippen LogP contribution >= 0.6 is 0 Å². The molecular weight excluding hydrogens is 789 g/mol. The van der Waals surface area contributed by atoms with Gasteiger partial charge in [0.05, 0.1) is 29.1 Å². The minimum Gasteiger partial charge on any atom is -0.456 e. The van der Waals surface area contributed by atoms with Crippen LogP contribution in [-0.2, 0) is 16.2 Å². The fourth-order valence-corrected chi connectivity index (χ4v) is 10.8. The van der Waals surface area contributed by atoms with Crippen molar-refractivity contribution in [3.63, 3.8) is 0 Å². The van der Waals surface area contributed by atoms with E-state index in [1.54, 1.807) is 0 Å². The van der Waals surface area contributed by atoms with Crippen molar-refractivity contribution in [1.82, 2.24) is 9.13 Å². The van der Waals surface area contributed by atoms with E-state index in [1.165, 1.54) is 32.9 Å². The van der Waals surface area contributed by atoms with Crippen LogP contribution in [0.4, 0.5) is 17.1 Å². The van der Waals surface area contributed by atoms with Crippen LogP contribution in [0.2, 0.25) is 0 Å². The Balaban J connectivity index is 1.24. The first-order chi connectivity index (χ1) is 31.6. The molecule has 0 saturated heterocycles. The van der Waals surface area contributed by atoms with E-state index >= 15 is 0 Å². The summed E-state index contributed by atoms with van der Waals surface area (Å²) in [5.74, 6) is 1.55. The van der Waals surface area contributed by atoms with Gasteiger partial charge in [0.15, 0.2) is 0 Å². The van der Waals surface area contributed by atoms with Gasteiger partial charge in [0.2, 0.25) is 0 Å². The maximum atomic E-state index is 9.41. The number of hydrogen-bond acceptors (Lipinski definition) is 2. The highest BCUT2D eigenvalue weighted by molar-refractivity contribution is 6.99. The second kappa shape index (κ2) is 13.8. The van der Waals surface area contributed by atoms with Crippen molar-refractivity contribution < 1.29 is 6.11 Å². The number of benzene rings is 8. The van der Waals surface area contributed by atoms with Gasteiger partial charge in [-0.25, -0.2) is 0 Å². The van der Waals surface area contributed by atoms with Gasteiger partial charge in [0.25, 0.3) is 6.71 Å². The maximum absolute atomic E-state index is 9.41. The summed E-state index contributed by atoms with van der Waals surface area (Å²) in [6.45, 7) is 20.3. The Kier molecular flexibility index (Phi) is 8.15. The van der Waals surface area contributed by atoms with E-state index in [0.29, 0.717) is 6.04 Å². The van der Waals surface area contributed by atoms with Crippen LogP contribution in [0, 0.1) is 0 Å². The number of fused-ring (bicyclic) bond motifs is 10. The first kappa shape index (κ1) is 38.5. The van der Waals surface area contributed by atoms with Gasteiger partial charge >= 0.3 is 0 Å². The van der Waals surface area contributed by atoms with Crippen molar-refractivity contribution in [2.45, 2.75) is 78.6 Å². The van der Waals surface area contributed by atoms with Crippen LogP contribution in [-0.4, -0.2) is 15.8 Å². The summed E-state index contributed by atoms with van der Waals surface area (Å²) in [6, 6.07) is 58.5. The quantitative estimate of drug-likeness (QED) is 0.165. The molecule has 4 nitrogen and oxygen atoms in total. The average Bonchev–Trinajstić information content (AvgIpc) is 3.80. The van der Waals surface area contributed by atoms with Gasteiger partial charge in [-0.2, -0.15) is 0 Å². The normalized spacial score (nSPS) is 13.9. The molecule has 2 aliphatic rings. The predicted octanol–water partition coefficient (Wildman–Crippen LogP) is 14.2. The van der Waals surface area contributed by atoms with Gasteiger partial charge in [-0.1, -0.05) is 159 Å². The molecule has 0 amide bonds. The molecule has 0 spiro atoms. The molecule has 2 aromatic heterocycles. The average molecular weight is 845 g/mol. The van der Waals surface area contributed by atoms with Gasteiger partial charge in [-0.15, -0.1) is 0 Å². The molecule has 0 atom stereocenters. The topological polar surface area (TPSA) is 22.3 Å². The fourth-order valence-electron chi connectivity index (χ4n) is 10.8. The molecule has 5 heteroatoms. The molecule has 65 heavy (non-hydrogen) atoms. The van der Waals surface area contributed by atoms with Crippen molar-refractivity contribution >= 4 is 83.8 Å². The van der Waals surface area contributed by atoms with E-state index in [0.717, 1.165) is 83.7 Å². The largest absolute Gasteiger partial charge is 0.456 e. The Morgan fingerprint density at radius 2 is 0.985 bits per heavy atom. The Labute approximate surface area is 384 Å². The number of ether oxygens (including phenoxy) is 1. The van der Waals surface area contributed by atoms with Crippen LogP contribution in [0.25, 0.3) is 55.0 Å². The Hall–Kier alpha value is -6.98. The van der Waals surface area contributed by atoms with Crippen LogP contribution in [0.5, 0.6) is 11.5 Å². The Morgan fingerprint density at radius 3 is 1.57 bits per heavy atom. The lowest BCUT2D eigenvalue weighted by molar-refractivity contribution is 0.486. The molecule has 4 heterocycles. The van der Waals surface area contributed by atoms with Crippen LogP contribution in [0.1, 0.15) is 80.4 Å². The van der Waals surface area contributed by atoms with Gasteiger partial charge in [0, 0.05) is 44.3 Å². The molecule has 0 aliphatic carbocycles. The van der Waals surface area contributed by atoms with Crippen LogP contribution < -0.4 is 26.0 Å². The van der Waals surface area contributed by atoms with Crippen LogP contribution in [0.3, 0.4) is 0 Å². The molecule has 0 N–H and O–H groups in total. The molecule has 0 bridgehead atoms. The standard InChI is InChI=1S/C60H54BN3O/c1-58(2,3)37-25-30-40(31-26-37)62-49-22-15-12-19-44(49)54-52(62)36-46-57(56(54)64-47-20-13-10-17-42(47)43-18-11-14-21-48(43)64)65-53-24-16-23-51-55(53)61(46)45-35-39(60(7,8)9)29-34-50(45)63(51)41-32-27-38(28-33-41)59(4,5)6/h10-36H,1-9H3/i16D. The van der Waals surface area contributed by atoms with Crippen molar-refractivity contribution in [3.05, 3.63) is 180 Å². The zero-order valence-electron chi connectivity index (χ0n) is 39.8. The Morgan fingerprint density at radius 1 is 0.462 bits per heavy atom. The Bertz CT molecular complexity index is 3580. The second-order valence-electron chi connectivity index (χ2n) is 21.4. The second-order valence-corrected chi connectivity index (χ2v) is 21.4. The van der Waals surface area contributed by atoms with Crippen molar-refractivity contribution in [1.29, 1.82) is 0 Å². The molecule has 318 valence electrons. The maximum Gasteiger partial charge on any atom is 0.256 e. The molecule has 2 aliphatic heterocycles. The molecule has 10 aromatic rings. The predicted molar refractivity (Wildman–Crippen MR) is 277 cm³/mol. The lowest BCUT2D eigenvalue weighted by Crippen LogP contribution is -2.59. The van der Waals surface area contributed by atoms with E-state index in [2.05, 4.69) is 222 Å². The monoisotopic (exact) mass is 844 g/mol. The molecule has 12 rings (SSSR count). The minimum absolute atomic E-state index is 0.0133. The lowest BCUT2D eigenvalue weighted by atomic mass is 9.34. The summed E-state index contributed by atoms with van der Waals surface area (Å²) in [6.07, 6.45) is 0. The first-order valence-corrected chi connectivity index (χ1v) is 23.1. The van der Waals surface area contributed by atoms with Gasteiger partial charge in [0.1, 0.15) is 11.5 Å². The lowest BCUT2D eigenvalue weighted by Gasteiger charge is -2.41. The van der Waals surface area contributed by atoms with Crippen molar-refractivity contribution in [2.24, 2.45) is 0 Å². The smallest absolute Gasteiger partial charge is 0.256 e. The third kappa shape index (κ3) is 5.90. The third-order valence-electron chi connectivity index (χ3n) is 14.2. The number of nitrogens with zero attached hydrogens (tertiary/aromatic N) is 3. The van der Waals surface area contributed by atoms with E-state index in [9.17, 15) is 1.37 Å². The molecular formula is C60H54BN3O. The van der Waals surface area contributed by atoms with E-state index in [1.807, 2.05) is 12.1 Å². The van der Waals surface area contributed by atoms with Gasteiger partial charge < -0.3 is 18.8 Å². The molecule has 0 unspecified atom stereocenters. The molecule has 0 radical (unpaired) electrons. The van der Waals surface area contributed by atoms with Gasteiger partial charge in [-0.3, -0.25) is 0 Å². The van der Waals surface area contributed by atoms with E-state index in [-0.39, 0.29) is 23.0 Å². The summed E-state index contributed by atoms with van der Waals surface area (Å²) in [4.78, 5) is 2.37. The summed E-state index contributed by atoms with van der Waals surface area (Å²) in [7, 11) is 0.